The second-order valence-electron chi connectivity index (χ2n) is 6.36. The zero-order valence-corrected chi connectivity index (χ0v) is 16.2. The lowest BCUT2D eigenvalue weighted by atomic mass is 10.1. The molecule has 0 bridgehead atoms. The Bertz CT molecular complexity index is 703. The molecule has 1 heterocycles. The van der Waals surface area contributed by atoms with Crippen LogP contribution in [0.15, 0.2) is 24.3 Å². The van der Waals surface area contributed by atoms with Crippen molar-refractivity contribution in [1.29, 1.82) is 0 Å². The monoisotopic (exact) mass is 388 g/mol. The van der Waals surface area contributed by atoms with Crippen molar-refractivity contribution in [2.24, 2.45) is 0 Å². The molecule has 0 radical (unpaired) electrons. The number of rotatable bonds is 7. The molecule has 2 rings (SSSR count). The van der Waals surface area contributed by atoms with Gasteiger partial charge >= 0.3 is 0 Å². The van der Waals surface area contributed by atoms with Crippen molar-refractivity contribution in [2.75, 3.05) is 20.1 Å². The van der Waals surface area contributed by atoms with Crippen LogP contribution >= 0.6 is 11.6 Å². The summed E-state index contributed by atoms with van der Waals surface area (Å²) in [4.78, 5) is 12.1. The number of benzene rings is 1. The van der Waals surface area contributed by atoms with Gasteiger partial charge in [0.25, 0.3) is 0 Å². The molecule has 7 nitrogen and oxygen atoms in total. The van der Waals surface area contributed by atoms with Crippen molar-refractivity contribution in [3.8, 4) is 0 Å². The molecule has 25 heavy (non-hydrogen) atoms. The molecule has 2 unspecified atom stereocenters. The lowest BCUT2D eigenvalue weighted by Crippen LogP contribution is -2.48. The smallest absolute Gasteiger partial charge is 0.235 e. The Morgan fingerprint density at radius 3 is 2.52 bits per heavy atom. The molecular weight excluding hydrogens is 364 g/mol. The minimum atomic E-state index is -3.58. The highest BCUT2D eigenvalue weighted by atomic mass is 35.5. The normalized spacial score (nSPS) is 23.8. The Hall–Kier alpha value is -1.19. The van der Waals surface area contributed by atoms with Crippen LogP contribution in [-0.2, 0) is 21.2 Å². The van der Waals surface area contributed by atoms with Crippen LogP contribution in [0, 0.1) is 0 Å². The first-order valence-electron chi connectivity index (χ1n) is 8.19. The summed E-state index contributed by atoms with van der Waals surface area (Å²) >= 11 is 5.92. The maximum Gasteiger partial charge on any atom is 0.235 e. The van der Waals surface area contributed by atoms with E-state index < -0.39 is 15.3 Å². The Kier molecular flexibility index (Phi) is 6.81. The van der Waals surface area contributed by atoms with Crippen LogP contribution in [0.2, 0.25) is 5.02 Å². The van der Waals surface area contributed by atoms with Crippen LogP contribution in [0.1, 0.15) is 19.4 Å². The quantitative estimate of drug-likeness (QED) is 0.633. The van der Waals surface area contributed by atoms with E-state index in [0.717, 1.165) is 9.87 Å². The van der Waals surface area contributed by atoms with Crippen molar-refractivity contribution in [3.63, 3.8) is 0 Å². The van der Waals surface area contributed by atoms with Crippen molar-refractivity contribution in [2.45, 2.75) is 37.6 Å². The molecule has 1 amide bonds. The van der Waals surface area contributed by atoms with Crippen LogP contribution in [0.5, 0.6) is 0 Å². The van der Waals surface area contributed by atoms with Gasteiger partial charge in [0.05, 0.1) is 6.54 Å². The van der Waals surface area contributed by atoms with Gasteiger partial charge in [0.1, 0.15) is 5.25 Å². The summed E-state index contributed by atoms with van der Waals surface area (Å²) in [6.07, 6.45) is 0.632. The first-order valence-corrected chi connectivity index (χ1v) is 10.1. The molecule has 0 saturated carbocycles. The van der Waals surface area contributed by atoms with E-state index in [1.54, 1.807) is 19.9 Å². The fourth-order valence-corrected chi connectivity index (χ4v) is 5.06. The van der Waals surface area contributed by atoms with Crippen LogP contribution in [0.4, 0.5) is 0 Å². The number of halogens is 1. The predicted octanol–water partition coefficient (Wildman–Crippen LogP) is 0.514. The zero-order valence-electron chi connectivity index (χ0n) is 14.6. The van der Waals surface area contributed by atoms with Gasteiger partial charge in [0, 0.05) is 30.7 Å². The lowest BCUT2D eigenvalue weighted by molar-refractivity contribution is -0.121. The molecule has 2 atom stereocenters. The number of hydrogen-bond acceptors (Lipinski definition) is 5. The lowest BCUT2D eigenvalue weighted by Gasteiger charge is -2.25. The third-order valence-corrected chi connectivity index (χ3v) is 7.03. The fraction of sp³-hybridized carbons (Fsp3) is 0.562. The SMILES string of the molecule is CC1NNC(C)C1S(=O)(=O)N(C)CC(=O)NCCc1cccc(Cl)c1. The fourth-order valence-electron chi connectivity index (χ4n) is 2.97. The Morgan fingerprint density at radius 1 is 1.28 bits per heavy atom. The third kappa shape index (κ3) is 5.15. The molecule has 9 heteroatoms. The van der Waals surface area contributed by atoms with E-state index in [2.05, 4.69) is 16.2 Å². The topological polar surface area (TPSA) is 90.5 Å². The average molecular weight is 389 g/mol. The second-order valence-corrected chi connectivity index (χ2v) is 9.00. The number of amides is 1. The van der Waals surface area contributed by atoms with Gasteiger partial charge in [-0.2, -0.15) is 4.31 Å². The number of carbonyl (C=O) groups excluding carboxylic acids is 1. The standard InChI is InChI=1S/C16H25ClN4O3S/c1-11-16(12(2)20-19-11)25(23,24)21(3)10-15(22)18-8-7-13-5-4-6-14(17)9-13/h4-6,9,11-12,16,19-20H,7-8,10H2,1-3H3,(H,18,22). The summed E-state index contributed by atoms with van der Waals surface area (Å²) in [5.74, 6) is -0.327. The number of nitrogens with zero attached hydrogens (tertiary/aromatic N) is 1. The number of sulfonamides is 1. The van der Waals surface area contributed by atoms with E-state index >= 15 is 0 Å². The van der Waals surface area contributed by atoms with Gasteiger partial charge in [-0.05, 0) is 38.0 Å². The minimum Gasteiger partial charge on any atom is -0.355 e. The highest BCUT2D eigenvalue weighted by Crippen LogP contribution is 2.18. The zero-order chi connectivity index (χ0) is 18.6. The molecule has 140 valence electrons. The van der Waals surface area contributed by atoms with Crippen molar-refractivity contribution >= 4 is 27.5 Å². The largest absolute Gasteiger partial charge is 0.355 e. The van der Waals surface area contributed by atoms with Crippen molar-refractivity contribution in [3.05, 3.63) is 34.9 Å². The molecule has 1 aliphatic rings. The summed E-state index contributed by atoms with van der Waals surface area (Å²) in [6, 6.07) is 6.95. The van der Waals surface area contributed by atoms with Gasteiger partial charge in [-0.25, -0.2) is 8.42 Å². The molecule has 1 aliphatic heterocycles. The van der Waals surface area contributed by atoms with Crippen LogP contribution < -0.4 is 16.2 Å². The summed E-state index contributed by atoms with van der Waals surface area (Å²) in [5, 5.41) is 2.78. The Morgan fingerprint density at radius 2 is 1.92 bits per heavy atom. The molecule has 1 aromatic carbocycles. The minimum absolute atomic E-state index is 0.201. The van der Waals surface area contributed by atoms with Gasteiger partial charge in [0.2, 0.25) is 15.9 Å². The van der Waals surface area contributed by atoms with E-state index in [1.807, 2.05) is 18.2 Å². The first-order chi connectivity index (χ1) is 11.7. The molecule has 1 saturated heterocycles. The van der Waals surface area contributed by atoms with E-state index in [0.29, 0.717) is 18.0 Å². The average Bonchev–Trinajstić information content (AvgIpc) is 2.86. The molecule has 1 fully saturated rings. The van der Waals surface area contributed by atoms with Gasteiger partial charge in [-0.1, -0.05) is 23.7 Å². The second kappa shape index (κ2) is 8.46. The van der Waals surface area contributed by atoms with Crippen LogP contribution in [0.3, 0.4) is 0 Å². The third-order valence-electron chi connectivity index (χ3n) is 4.29. The predicted molar refractivity (Wildman–Crippen MR) is 98.7 cm³/mol. The van der Waals surface area contributed by atoms with E-state index in [4.69, 9.17) is 11.6 Å². The Labute approximate surface area is 154 Å². The highest BCUT2D eigenvalue weighted by Gasteiger charge is 2.42. The molecule has 0 aliphatic carbocycles. The molecular formula is C16H25ClN4O3S. The van der Waals surface area contributed by atoms with E-state index in [-0.39, 0.29) is 24.5 Å². The van der Waals surface area contributed by atoms with Crippen LogP contribution in [-0.4, -0.2) is 56.1 Å². The van der Waals surface area contributed by atoms with E-state index in [1.165, 1.54) is 7.05 Å². The Balaban J connectivity index is 1.85. The maximum absolute atomic E-state index is 12.7. The van der Waals surface area contributed by atoms with Gasteiger partial charge in [-0.15, -0.1) is 0 Å². The molecule has 0 spiro atoms. The summed E-state index contributed by atoms with van der Waals surface area (Å²) in [5.41, 5.74) is 6.86. The van der Waals surface area contributed by atoms with Crippen molar-refractivity contribution in [1.82, 2.24) is 20.5 Å². The highest BCUT2D eigenvalue weighted by molar-refractivity contribution is 7.89. The van der Waals surface area contributed by atoms with Gasteiger partial charge in [-0.3, -0.25) is 15.6 Å². The first kappa shape index (κ1) is 20.1. The van der Waals surface area contributed by atoms with E-state index in [9.17, 15) is 13.2 Å². The van der Waals surface area contributed by atoms with Crippen molar-refractivity contribution < 1.29 is 13.2 Å². The van der Waals surface area contributed by atoms with Gasteiger partial charge < -0.3 is 5.32 Å². The van der Waals surface area contributed by atoms with Gasteiger partial charge in [0.15, 0.2) is 0 Å². The number of carbonyl (C=O) groups is 1. The summed E-state index contributed by atoms with van der Waals surface area (Å²) < 4.78 is 26.5. The molecule has 0 aromatic heterocycles. The summed E-state index contributed by atoms with van der Waals surface area (Å²) in [7, 11) is -2.15. The number of likely N-dealkylation sites (N-methyl/N-ethyl adjacent to an activating group) is 1. The van der Waals surface area contributed by atoms with Crippen LogP contribution in [0.25, 0.3) is 0 Å². The number of hydrazine groups is 1. The molecule has 1 aromatic rings. The summed E-state index contributed by atoms with van der Waals surface area (Å²) in [6.45, 7) is 3.83. The maximum atomic E-state index is 12.7. The molecule has 3 N–H and O–H groups in total. The number of nitrogens with one attached hydrogen (secondary N) is 3. The number of hydrogen-bond donors (Lipinski definition) is 3.